The van der Waals surface area contributed by atoms with E-state index in [1.165, 1.54) is 31.0 Å². The fraction of sp³-hybridized carbons (Fsp3) is 0.444. The Morgan fingerprint density at radius 2 is 2.04 bits per heavy atom. The molecule has 134 valence electrons. The SMILES string of the molecule is C[C@H](Oc1cc(Cc2c3c(nn2C)CCCC3)c(Cl)cc1Cl)C(=O)O. The fourth-order valence-electron chi connectivity index (χ4n) is 3.19. The number of hydrogen-bond donors (Lipinski definition) is 1. The first-order valence-corrected chi connectivity index (χ1v) is 9.03. The second kappa shape index (κ2) is 7.26. The van der Waals surface area contributed by atoms with Gasteiger partial charge in [-0.1, -0.05) is 23.2 Å². The van der Waals surface area contributed by atoms with Gasteiger partial charge in [-0.25, -0.2) is 4.79 Å². The van der Waals surface area contributed by atoms with Crippen LogP contribution in [0, 0.1) is 0 Å². The highest BCUT2D eigenvalue weighted by Crippen LogP contribution is 2.34. The lowest BCUT2D eigenvalue weighted by molar-refractivity contribution is -0.144. The van der Waals surface area contributed by atoms with E-state index in [0.717, 1.165) is 24.1 Å². The van der Waals surface area contributed by atoms with Crippen molar-refractivity contribution in [2.24, 2.45) is 7.05 Å². The third kappa shape index (κ3) is 3.77. The van der Waals surface area contributed by atoms with Crippen LogP contribution in [0.25, 0.3) is 0 Å². The molecule has 25 heavy (non-hydrogen) atoms. The maximum absolute atomic E-state index is 11.0. The molecule has 0 amide bonds. The number of aryl methyl sites for hydroxylation is 2. The van der Waals surface area contributed by atoms with E-state index in [1.807, 2.05) is 11.7 Å². The number of aliphatic carboxylic acids is 1. The summed E-state index contributed by atoms with van der Waals surface area (Å²) in [5, 5.41) is 14.5. The standard InChI is InChI=1S/C18H20Cl2N2O3/c1-10(18(23)24)25-17-8-11(13(19)9-14(17)20)7-16-12-5-3-4-6-15(12)21-22(16)2/h8-10H,3-7H2,1-2H3,(H,23,24)/t10-/m0/s1. The van der Waals surface area contributed by atoms with Crippen molar-refractivity contribution in [2.75, 3.05) is 0 Å². The van der Waals surface area contributed by atoms with Gasteiger partial charge in [0.25, 0.3) is 0 Å². The summed E-state index contributed by atoms with van der Waals surface area (Å²) in [5.41, 5.74) is 4.46. The Morgan fingerprint density at radius 1 is 1.32 bits per heavy atom. The molecule has 1 aliphatic carbocycles. The molecule has 1 N–H and O–H groups in total. The smallest absolute Gasteiger partial charge is 0.344 e. The predicted octanol–water partition coefficient (Wildman–Crippen LogP) is 4.05. The van der Waals surface area contributed by atoms with Crippen LogP contribution in [0.15, 0.2) is 12.1 Å². The topological polar surface area (TPSA) is 64.4 Å². The molecular weight excluding hydrogens is 363 g/mol. The predicted molar refractivity (Wildman–Crippen MR) is 96.8 cm³/mol. The molecule has 3 rings (SSSR count). The monoisotopic (exact) mass is 382 g/mol. The van der Waals surface area contributed by atoms with Gasteiger partial charge in [0.15, 0.2) is 6.10 Å². The fourth-order valence-corrected chi connectivity index (χ4v) is 3.68. The largest absolute Gasteiger partial charge is 0.479 e. The average Bonchev–Trinajstić information content (AvgIpc) is 2.87. The molecule has 0 aliphatic heterocycles. The van der Waals surface area contributed by atoms with Crippen molar-refractivity contribution >= 4 is 29.2 Å². The molecule has 0 saturated carbocycles. The molecule has 1 aromatic carbocycles. The summed E-state index contributed by atoms with van der Waals surface area (Å²) in [6.07, 6.45) is 4.01. The van der Waals surface area contributed by atoms with Crippen LogP contribution in [-0.4, -0.2) is 27.0 Å². The zero-order chi connectivity index (χ0) is 18.1. The molecule has 1 heterocycles. The van der Waals surface area contributed by atoms with Crippen molar-refractivity contribution in [3.05, 3.63) is 44.7 Å². The van der Waals surface area contributed by atoms with Gasteiger partial charge in [0, 0.05) is 24.2 Å². The van der Waals surface area contributed by atoms with Gasteiger partial charge < -0.3 is 9.84 Å². The van der Waals surface area contributed by atoms with Gasteiger partial charge in [-0.3, -0.25) is 4.68 Å². The summed E-state index contributed by atoms with van der Waals surface area (Å²) in [4.78, 5) is 11.0. The van der Waals surface area contributed by atoms with Gasteiger partial charge in [-0.2, -0.15) is 5.10 Å². The Hall–Kier alpha value is -1.72. The summed E-state index contributed by atoms with van der Waals surface area (Å²) < 4.78 is 7.37. The van der Waals surface area contributed by atoms with Gasteiger partial charge in [0.05, 0.1) is 10.7 Å². The summed E-state index contributed by atoms with van der Waals surface area (Å²) in [6.45, 7) is 1.46. The number of hydrogen-bond acceptors (Lipinski definition) is 3. The number of carboxylic acid groups (broad SMARTS) is 1. The van der Waals surface area contributed by atoms with Crippen LogP contribution >= 0.6 is 23.2 Å². The van der Waals surface area contributed by atoms with Crippen molar-refractivity contribution in [3.63, 3.8) is 0 Å². The Bertz CT molecular complexity index is 817. The molecule has 0 bridgehead atoms. The molecule has 0 saturated heterocycles. The summed E-state index contributed by atoms with van der Waals surface area (Å²) in [5.74, 6) is -0.722. The molecular formula is C18H20Cl2N2O3. The number of aromatic nitrogens is 2. The number of nitrogens with zero attached hydrogens (tertiary/aromatic N) is 2. The zero-order valence-corrected chi connectivity index (χ0v) is 15.7. The molecule has 0 fully saturated rings. The van der Waals surface area contributed by atoms with Crippen LogP contribution in [0.3, 0.4) is 0 Å². The van der Waals surface area contributed by atoms with Crippen LogP contribution in [0.2, 0.25) is 10.0 Å². The Labute approximate surface area is 156 Å². The number of halogens is 2. The lowest BCUT2D eigenvalue weighted by Gasteiger charge is -2.15. The lowest BCUT2D eigenvalue weighted by atomic mass is 9.94. The third-order valence-electron chi connectivity index (χ3n) is 4.56. The molecule has 0 radical (unpaired) electrons. The Balaban J connectivity index is 1.93. The van der Waals surface area contributed by atoms with Crippen molar-refractivity contribution in [2.45, 2.75) is 45.1 Å². The molecule has 1 aromatic heterocycles. The summed E-state index contributed by atoms with van der Waals surface area (Å²) >= 11 is 12.5. The van der Waals surface area contributed by atoms with E-state index in [1.54, 1.807) is 12.1 Å². The second-order valence-electron chi connectivity index (χ2n) is 6.35. The number of rotatable bonds is 5. The Kier molecular flexibility index (Phi) is 5.25. The number of carbonyl (C=O) groups is 1. The number of ether oxygens (including phenoxy) is 1. The molecule has 7 heteroatoms. The zero-order valence-electron chi connectivity index (χ0n) is 14.2. The van der Waals surface area contributed by atoms with Crippen molar-refractivity contribution in [3.8, 4) is 5.75 Å². The Morgan fingerprint density at radius 3 is 2.76 bits per heavy atom. The maximum atomic E-state index is 11.0. The van der Waals surface area contributed by atoms with Gasteiger partial charge in [-0.05, 0) is 55.9 Å². The minimum Gasteiger partial charge on any atom is -0.479 e. The number of benzene rings is 1. The highest BCUT2D eigenvalue weighted by atomic mass is 35.5. The molecule has 1 atom stereocenters. The molecule has 5 nitrogen and oxygen atoms in total. The summed E-state index contributed by atoms with van der Waals surface area (Å²) in [6, 6.07) is 3.33. The minimum atomic E-state index is -1.05. The van der Waals surface area contributed by atoms with E-state index < -0.39 is 12.1 Å². The van der Waals surface area contributed by atoms with Crippen molar-refractivity contribution < 1.29 is 14.6 Å². The third-order valence-corrected chi connectivity index (χ3v) is 5.21. The number of carboxylic acids is 1. The molecule has 2 aromatic rings. The van der Waals surface area contributed by atoms with Gasteiger partial charge >= 0.3 is 5.97 Å². The summed E-state index contributed by atoms with van der Waals surface area (Å²) in [7, 11) is 1.95. The van der Waals surface area contributed by atoms with E-state index in [-0.39, 0.29) is 0 Å². The van der Waals surface area contributed by atoms with Gasteiger partial charge in [0.1, 0.15) is 5.75 Å². The van der Waals surface area contributed by atoms with E-state index in [9.17, 15) is 4.79 Å². The molecule has 0 unspecified atom stereocenters. The maximum Gasteiger partial charge on any atom is 0.344 e. The second-order valence-corrected chi connectivity index (χ2v) is 7.17. The van der Waals surface area contributed by atoms with E-state index in [0.29, 0.717) is 22.2 Å². The van der Waals surface area contributed by atoms with Crippen LogP contribution < -0.4 is 4.74 Å². The lowest BCUT2D eigenvalue weighted by Crippen LogP contribution is -2.23. The van der Waals surface area contributed by atoms with Gasteiger partial charge in [-0.15, -0.1) is 0 Å². The van der Waals surface area contributed by atoms with Crippen LogP contribution in [0.4, 0.5) is 0 Å². The van der Waals surface area contributed by atoms with E-state index in [4.69, 9.17) is 33.0 Å². The van der Waals surface area contributed by atoms with Crippen molar-refractivity contribution in [1.29, 1.82) is 0 Å². The van der Waals surface area contributed by atoms with E-state index >= 15 is 0 Å². The minimum absolute atomic E-state index is 0.300. The van der Waals surface area contributed by atoms with Crippen LogP contribution in [0.5, 0.6) is 5.75 Å². The highest BCUT2D eigenvalue weighted by molar-refractivity contribution is 6.36. The first kappa shape index (κ1) is 18.1. The average molecular weight is 383 g/mol. The van der Waals surface area contributed by atoms with Gasteiger partial charge in [0.2, 0.25) is 0 Å². The number of fused-ring (bicyclic) bond motifs is 1. The first-order valence-electron chi connectivity index (χ1n) is 8.27. The molecule has 0 spiro atoms. The van der Waals surface area contributed by atoms with Crippen LogP contribution in [0.1, 0.15) is 42.3 Å². The van der Waals surface area contributed by atoms with E-state index in [2.05, 4.69) is 5.10 Å². The normalized spacial score (nSPS) is 14.9. The van der Waals surface area contributed by atoms with Crippen LogP contribution in [-0.2, 0) is 31.1 Å². The molecule has 1 aliphatic rings. The van der Waals surface area contributed by atoms with Crippen molar-refractivity contribution in [1.82, 2.24) is 9.78 Å². The first-order chi connectivity index (χ1) is 11.9. The quantitative estimate of drug-likeness (QED) is 0.846. The highest BCUT2D eigenvalue weighted by Gasteiger charge is 2.21.